The summed E-state index contributed by atoms with van der Waals surface area (Å²) in [5, 5.41) is 0. The summed E-state index contributed by atoms with van der Waals surface area (Å²) < 4.78 is 0. The highest BCUT2D eigenvalue weighted by molar-refractivity contribution is 5.88. The van der Waals surface area contributed by atoms with E-state index in [0.29, 0.717) is 0 Å². The van der Waals surface area contributed by atoms with Gasteiger partial charge in [0.15, 0.2) is 0 Å². The number of benzene rings is 14. The number of rotatable bonds is 12. The van der Waals surface area contributed by atoms with Gasteiger partial charge in [0.05, 0.1) is 0 Å². The molecule has 0 bridgehead atoms. The van der Waals surface area contributed by atoms with E-state index < -0.39 is 0 Å². The average molecular weight is 1150 g/mol. The largest absolute Gasteiger partial charge is 0.0622 e. The van der Waals surface area contributed by atoms with Crippen LogP contribution in [-0.2, 0) is 0 Å². The van der Waals surface area contributed by atoms with Crippen molar-refractivity contribution in [2.75, 3.05) is 0 Å². The van der Waals surface area contributed by atoms with Crippen molar-refractivity contribution in [1.82, 2.24) is 0 Å². The van der Waals surface area contributed by atoms with Crippen molar-refractivity contribution in [2.45, 2.75) is 41.5 Å². The molecule has 0 amide bonds. The van der Waals surface area contributed by atoms with Crippen molar-refractivity contribution in [3.05, 3.63) is 361 Å². The Morgan fingerprint density at radius 1 is 0.100 bits per heavy atom. The first kappa shape index (κ1) is 58.1. The van der Waals surface area contributed by atoms with Crippen LogP contribution in [0.4, 0.5) is 0 Å². The second-order valence-electron chi connectivity index (χ2n) is 24.3. The van der Waals surface area contributed by atoms with E-state index in [1.54, 1.807) is 0 Å². The van der Waals surface area contributed by atoms with Crippen LogP contribution in [0.25, 0.3) is 134 Å². The highest BCUT2D eigenvalue weighted by Gasteiger charge is 2.15. The maximum atomic E-state index is 2.35. The molecule has 0 aliphatic rings. The minimum Gasteiger partial charge on any atom is -0.0622 e. The maximum absolute atomic E-state index is 2.35. The number of aryl methyl sites for hydroxylation is 6. The maximum Gasteiger partial charge on any atom is -0.0171 e. The predicted octanol–water partition coefficient (Wildman–Crippen LogP) is 25.2. The lowest BCUT2D eigenvalue weighted by Gasteiger charge is -2.14. The van der Waals surface area contributed by atoms with Crippen molar-refractivity contribution >= 4 is 0 Å². The summed E-state index contributed by atoms with van der Waals surface area (Å²) >= 11 is 0. The van der Waals surface area contributed by atoms with Gasteiger partial charge in [-0.25, -0.2) is 0 Å². The van der Waals surface area contributed by atoms with E-state index in [9.17, 15) is 0 Å². The Bertz CT molecular complexity index is 4760. The Balaban J connectivity index is 0.000000165. The quantitative estimate of drug-likeness (QED) is 0.114. The van der Waals surface area contributed by atoms with Crippen LogP contribution < -0.4 is 0 Å². The third-order valence-corrected chi connectivity index (χ3v) is 17.1. The Morgan fingerprint density at radius 2 is 0.256 bits per heavy atom. The molecule has 0 unspecified atom stereocenters. The van der Waals surface area contributed by atoms with Gasteiger partial charge in [-0.3, -0.25) is 0 Å². The smallest absolute Gasteiger partial charge is 0.0171 e. The Hall–Kier alpha value is -10.9. The van der Waals surface area contributed by atoms with Gasteiger partial charge in [0.1, 0.15) is 0 Å². The fourth-order valence-electron chi connectivity index (χ4n) is 12.5. The summed E-state index contributed by atoms with van der Waals surface area (Å²) in [5.74, 6) is 0. The lowest BCUT2D eigenvalue weighted by atomic mass is 9.90. The van der Waals surface area contributed by atoms with Crippen molar-refractivity contribution in [1.29, 1.82) is 0 Å². The van der Waals surface area contributed by atoms with E-state index in [1.807, 2.05) is 0 Å². The fraction of sp³-hybridized carbons (Fsp3) is 0.0667. The number of hydrogen-bond donors (Lipinski definition) is 0. The summed E-state index contributed by atoms with van der Waals surface area (Å²) in [6.45, 7) is 13.0. The van der Waals surface area contributed by atoms with Crippen molar-refractivity contribution in [3.8, 4) is 134 Å². The van der Waals surface area contributed by atoms with Gasteiger partial charge >= 0.3 is 0 Å². The standard InChI is InChI=1S/2C45H36/c1-31-17-19-36(20-18-31)42-25-40(34-11-6-4-7-12-34)26-43(28-42)37-15-10-16-38(24-37)44-27-41(35-13-8-5-9-14-35)29-45(30-44)39-22-32(2)21-33(3)23-39;1-31-14-16-36(17-15-31)42-25-40(34-10-6-4-7-11-34)26-43(28-42)37-18-20-38(21-19-37)44-27-41(35-12-8-5-9-13-35)29-45(30-44)39-23-32(2)22-33(3)24-39/h2*4-30H,1-3H3. The van der Waals surface area contributed by atoms with Crippen LogP contribution in [0.15, 0.2) is 328 Å². The van der Waals surface area contributed by atoms with Gasteiger partial charge in [-0.1, -0.05) is 282 Å². The topological polar surface area (TPSA) is 0 Å². The summed E-state index contributed by atoms with van der Waals surface area (Å²) in [7, 11) is 0. The molecule has 0 aromatic heterocycles. The lowest BCUT2D eigenvalue weighted by molar-refractivity contribution is 1.38. The van der Waals surface area contributed by atoms with Crippen LogP contribution in [0.5, 0.6) is 0 Å². The fourth-order valence-corrected chi connectivity index (χ4v) is 12.5. The predicted molar refractivity (Wildman–Crippen MR) is 387 cm³/mol. The van der Waals surface area contributed by atoms with E-state index in [-0.39, 0.29) is 0 Å². The highest BCUT2D eigenvalue weighted by Crippen LogP contribution is 2.40. The van der Waals surface area contributed by atoms with Crippen LogP contribution in [0.1, 0.15) is 33.4 Å². The molecule has 90 heavy (non-hydrogen) atoms. The molecule has 0 heterocycles. The molecule has 0 atom stereocenters. The molecule has 0 saturated heterocycles. The molecule has 0 spiro atoms. The zero-order valence-electron chi connectivity index (χ0n) is 52.2. The third-order valence-electron chi connectivity index (χ3n) is 17.1. The van der Waals surface area contributed by atoms with Crippen molar-refractivity contribution < 1.29 is 0 Å². The van der Waals surface area contributed by atoms with E-state index in [2.05, 4.69) is 369 Å². The first-order valence-electron chi connectivity index (χ1n) is 31.3. The van der Waals surface area contributed by atoms with Gasteiger partial charge in [-0.2, -0.15) is 0 Å². The molecule has 0 aliphatic carbocycles. The number of hydrogen-bond acceptors (Lipinski definition) is 0. The molecule has 0 radical (unpaired) electrons. The van der Waals surface area contributed by atoms with Crippen LogP contribution in [0, 0.1) is 41.5 Å². The SMILES string of the molecule is Cc1ccc(-c2cc(-c3ccccc3)cc(-c3ccc(-c4cc(-c5ccccc5)cc(-c5cc(C)cc(C)c5)c4)cc3)c2)cc1.Cc1ccc(-c2cc(-c3ccccc3)cc(-c3cccc(-c4cc(-c5ccccc5)cc(-c5cc(C)cc(C)c5)c4)c3)c2)cc1. The monoisotopic (exact) mass is 1150 g/mol. The molecule has 0 aliphatic heterocycles. The average Bonchev–Trinajstić information content (AvgIpc) is 1.02. The minimum atomic E-state index is 1.21. The molecule has 14 rings (SSSR count). The van der Waals surface area contributed by atoms with Crippen LogP contribution >= 0.6 is 0 Å². The van der Waals surface area contributed by atoms with Gasteiger partial charge in [0.2, 0.25) is 0 Å². The van der Waals surface area contributed by atoms with Crippen LogP contribution in [0.2, 0.25) is 0 Å². The summed E-state index contributed by atoms with van der Waals surface area (Å²) in [6.07, 6.45) is 0. The second kappa shape index (κ2) is 26.2. The first-order valence-corrected chi connectivity index (χ1v) is 31.3. The molecule has 14 aromatic carbocycles. The van der Waals surface area contributed by atoms with Crippen LogP contribution in [0.3, 0.4) is 0 Å². The van der Waals surface area contributed by atoms with E-state index >= 15 is 0 Å². The molecule has 432 valence electrons. The Labute approximate surface area is 532 Å². The van der Waals surface area contributed by atoms with Gasteiger partial charge in [-0.15, -0.1) is 0 Å². The minimum absolute atomic E-state index is 1.21. The van der Waals surface area contributed by atoms with Gasteiger partial charge in [0, 0.05) is 0 Å². The molecule has 0 N–H and O–H groups in total. The van der Waals surface area contributed by atoms with E-state index in [0.717, 1.165) is 0 Å². The van der Waals surface area contributed by atoms with Crippen molar-refractivity contribution in [3.63, 3.8) is 0 Å². The van der Waals surface area contributed by atoms with Gasteiger partial charge in [0.25, 0.3) is 0 Å². The zero-order chi connectivity index (χ0) is 61.5. The molecule has 0 fully saturated rings. The Kier molecular flexibility index (Phi) is 16.9. The summed E-state index contributed by atoms with van der Waals surface area (Å²) in [4.78, 5) is 0. The molecule has 14 aromatic rings. The van der Waals surface area contributed by atoms with E-state index in [4.69, 9.17) is 0 Å². The molecule has 0 saturated carbocycles. The lowest BCUT2D eigenvalue weighted by Crippen LogP contribution is -1.89. The zero-order valence-corrected chi connectivity index (χ0v) is 52.2. The summed E-state index contributed by atoms with van der Waals surface area (Å²) in [5.41, 5.74) is 37.0. The molecule has 0 nitrogen and oxygen atoms in total. The second-order valence-corrected chi connectivity index (χ2v) is 24.3. The first-order chi connectivity index (χ1) is 44.0. The molecule has 0 heteroatoms. The highest BCUT2D eigenvalue weighted by atomic mass is 14.2. The normalized spacial score (nSPS) is 11.0. The third kappa shape index (κ3) is 13.6. The Morgan fingerprint density at radius 3 is 0.489 bits per heavy atom. The molecular weight excluding hydrogens is 1080 g/mol. The van der Waals surface area contributed by atoms with Crippen LogP contribution in [-0.4, -0.2) is 0 Å². The van der Waals surface area contributed by atoms with Gasteiger partial charge in [-0.05, 0) is 254 Å². The summed E-state index contributed by atoms with van der Waals surface area (Å²) in [6, 6.07) is 120. The van der Waals surface area contributed by atoms with Gasteiger partial charge < -0.3 is 0 Å². The van der Waals surface area contributed by atoms with E-state index in [1.165, 1.54) is 167 Å². The molecular formula is C90H72. The van der Waals surface area contributed by atoms with Crippen molar-refractivity contribution in [2.24, 2.45) is 0 Å².